The summed E-state index contributed by atoms with van der Waals surface area (Å²) < 4.78 is 0. The van der Waals surface area contributed by atoms with Crippen molar-refractivity contribution in [2.75, 3.05) is 6.26 Å². The highest BCUT2D eigenvalue weighted by Gasteiger charge is 2.34. The van der Waals surface area contributed by atoms with Crippen LogP contribution in [-0.4, -0.2) is 29.5 Å². The third-order valence-electron chi connectivity index (χ3n) is 3.99. The van der Waals surface area contributed by atoms with Crippen molar-refractivity contribution in [3.63, 3.8) is 0 Å². The summed E-state index contributed by atoms with van der Waals surface area (Å²) >= 11 is 1.88. The Kier molecular flexibility index (Phi) is 4.14. The van der Waals surface area contributed by atoms with Gasteiger partial charge in [0, 0.05) is 17.3 Å². The van der Waals surface area contributed by atoms with Crippen LogP contribution in [0.15, 0.2) is 0 Å². The van der Waals surface area contributed by atoms with Crippen molar-refractivity contribution in [2.45, 2.75) is 55.9 Å². The number of carbonyl (C=O) groups is 1. The third-order valence-corrected chi connectivity index (χ3v) is 5.16. The molecule has 0 bridgehead atoms. The van der Waals surface area contributed by atoms with Gasteiger partial charge < -0.3 is 11.1 Å². The summed E-state index contributed by atoms with van der Waals surface area (Å²) in [6, 6.07) is 0.476. The zero-order valence-electron chi connectivity index (χ0n) is 9.95. The summed E-state index contributed by atoms with van der Waals surface area (Å²) in [6.07, 6.45) is 8.85. The predicted octanol–water partition coefficient (Wildman–Crippen LogP) is 1.51. The molecule has 2 saturated carbocycles. The molecule has 2 aliphatic rings. The second-order valence-corrected chi connectivity index (χ2v) is 6.10. The number of amides is 1. The molecule has 0 aromatic heterocycles. The molecule has 0 aliphatic heterocycles. The fourth-order valence-electron chi connectivity index (χ4n) is 2.98. The minimum absolute atomic E-state index is 0.0723. The highest BCUT2D eigenvalue weighted by atomic mass is 32.2. The molecule has 2 aliphatic carbocycles. The van der Waals surface area contributed by atoms with Crippen molar-refractivity contribution in [1.82, 2.24) is 5.32 Å². The van der Waals surface area contributed by atoms with Gasteiger partial charge in [-0.05, 0) is 31.9 Å². The van der Waals surface area contributed by atoms with Gasteiger partial charge in [0.25, 0.3) is 0 Å². The lowest BCUT2D eigenvalue weighted by atomic mass is 10.0. The first-order valence-corrected chi connectivity index (χ1v) is 7.60. The molecule has 0 aromatic rings. The predicted molar refractivity (Wildman–Crippen MR) is 68.4 cm³/mol. The Hall–Kier alpha value is -0.220. The number of carbonyl (C=O) groups excluding carboxylic acids is 1. The van der Waals surface area contributed by atoms with Gasteiger partial charge in [-0.25, -0.2) is 0 Å². The lowest BCUT2D eigenvalue weighted by Crippen LogP contribution is -2.45. The van der Waals surface area contributed by atoms with E-state index in [9.17, 15) is 4.79 Å². The maximum atomic E-state index is 12.1. The van der Waals surface area contributed by atoms with Crippen molar-refractivity contribution in [1.29, 1.82) is 0 Å². The van der Waals surface area contributed by atoms with Crippen molar-refractivity contribution < 1.29 is 4.79 Å². The van der Waals surface area contributed by atoms with Gasteiger partial charge in [-0.15, -0.1) is 0 Å². The highest BCUT2D eigenvalue weighted by molar-refractivity contribution is 7.99. The quantitative estimate of drug-likeness (QED) is 0.789. The largest absolute Gasteiger partial charge is 0.352 e. The Morgan fingerprint density at radius 2 is 2.00 bits per heavy atom. The number of nitrogens with two attached hydrogens (primary N) is 1. The van der Waals surface area contributed by atoms with E-state index in [2.05, 4.69) is 11.6 Å². The van der Waals surface area contributed by atoms with E-state index in [1.807, 2.05) is 11.8 Å². The summed E-state index contributed by atoms with van der Waals surface area (Å²) in [4.78, 5) is 12.1. The first-order valence-electron chi connectivity index (χ1n) is 6.31. The zero-order valence-corrected chi connectivity index (χ0v) is 10.8. The molecule has 0 heterocycles. The van der Waals surface area contributed by atoms with Gasteiger partial charge in [0.2, 0.25) is 5.91 Å². The van der Waals surface area contributed by atoms with Crippen LogP contribution in [0.25, 0.3) is 0 Å². The lowest BCUT2D eigenvalue weighted by Gasteiger charge is -2.22. The van der Waals surface area contributed by atoms with Crippen molar-refractivity contribution in [2.24, 2.45) is 11.7 Å². The summed E-state index contributed by atoms with van der Waals surface area (Å²) in [5.74, 6) is 0.277. The fourth-order valence-corrected chi connectivity index (χ4v) is 3.91. The molecule has 2 fully saturated rings. The third kappa shape index (κ3) is 2.54. The lowest BCUT2D eigenvalue weighted by molar-refractivity contribution is -0.125. The van der Waals surface area contributed by atoms with E-state index in [1.54, 1.807) is 0 Å². The number of hydrogen-bond donors (Lipinski definition) is 2. The normalized spacial score (nSPS) is 38.9. The Bertz CT molecular complexity index is 259. The minimum Gasteiger partial charge on any atom is -0.352 e. The second-order valence-electron chi connectivity index (χ2n) is 5.02. The molecule has 0 aromatic carbocycles. The van der Waals surface area contributed by atoms with Crippen LogP contribution in [-0.2, 0) is 4.79 Å². The average molecular weight is 242 g/mol. The Morgan fingerprint density at radius 3 is 2.62 bits per heavy atom. The van der Waals surface area contributed by atoms with Gasteiger partial charge in [-0.2, -0.15) is 11.8 Å². The average Bonchev–Trinajstić information content (AvgIpc) is 2.86. The minimum atomic E-state index is 0.0723. The molecule has 0 radical (unpaired) electrons. The maximum Gasteiger partial charge on any atom is 0.224 e. The van der Waals surface area contributed by atoms with E-state index in [-0.39, 0.29) is 17.9 Å². The van der Waals surface area contributed by atoms with E-state index in [1.165, 1.54) is 12.8 Å². The van der Waals surface area contributed by atoms with Gasteiger partial charge in [0.15, 0.2) is 0 Å². The smallest absolute Gasteiger partial charge is 0.224 e. The first kappa shape index (κ1) is 12.2. The van der Waals surface area contributed by atoms with E-state index in [4.69, 9.17) is 5.73 Å². The molecule has 3 nitrogen and oxygen atoms in total. The summed E-state index contributed by atoms with van der Waals surface area (Å²) in [5.41, 5.74) is 5.96. The van der Waals surface area contributed by atoms with Crippen LogP contribution >= 0.6 is 11.8 Å². The number of nitrogens with one attached hydrogen (secondary N) is 1. The van der Waals surface area contributed by atoms with Crippen LogP contribution in [0.5, 0.6) is 0 Å². The SMILES string of the molecule is CSC1CCCC1NC(=O)C1CCCC1N. The fraction of sp³-hybridized carbons (Fsp3) is 0.917. The molecular weight excluding hydrogens is 220 g/mol. The second kappa shape index (κ2) is 5.41. The Labute approximate surface area is 102 Å². The van der Waals surface area contributed by atoms with Crippen LogP contribution in [0, 0.1) is 5.92 Å². The van der Waals surface area contributed by atoms with Crippen LogP contribution in [0.3, 0.4) is 0 Å². The Morgan fingerprint density at radius 1 is 1.25 bits per heavy atom. The molecule has 92 valence electrons. The van der Waals surface area contributed by atoms with Crippen LogP contribution in [0.4, 0.5) is 0 Å². The summed E-state index contributed by atoms with van der Waals surface area (Å²) in [7, 11) is 0. The monoisotopic (exact) mass is 242 g/mol. The van der Waals surface area contributed by atoms with E-state index in [0.717, 1.165) is 25.7 Å². The number of thioether (sulfide) groups is 1. The number of rotatable bonds is 3. The highest BCUT2D eigenvalue weighted by Crippen LogP contribution is 2.30. The molecule has 16 heavy (non-hydrogen) atoms. The molecular formula is C12H22N2OS. The van der Waals surface area contributed by atoms with Crippen LogP contribution in [0.2, 0.25) is 0 Å². The number of hydrogen-bond acceptors (Lipinski definition) is 3. The molecule has 4 heteroatoms. The van der Waals surface area contributed by atoms with Crippen LogP contribution in [0.1, 0.15) is 38.5 Å². The van der Waals surface area contributed by atoms with Crippen molar-refractivity contribution in [3.05, 3.63) is 0 Å². The van der Waals surface area contributed by atoms with Gasteiger partial charge in [-0.1, -0.05) is 12.8 Å². The van der Waals surface area contributed by atoms with Crippen LogP contribution < -0.4 is 11.1 Å². The van der Waals surface area contributed by atoms with Gasteiger partial charge >= 0.3 is 0 Å². The maximum absolute atomic E-state index is 12.1. The topological polar surface area (TPSA) is 55.1 Å². The molecule has 3 N–H and O–H groups in total. The molecule has 4 atom stereocenters. The Balaban J connectivity index is 1.86. The summed E-state index contributed by atoms with van der Waals surface area (Å²) in [6.45, 7) is 0. The van der Waals surface area contributed by atoms with Gasteiger partial charge in [-0.3, -0.25) is 4.79 Å². The zero-order chi connectivity index (χ0) is 11.5. The molecule has 4 unspecified atom stereocenters. The van der Waals surface area contributed by atoms with Crippen molar-refractivity contribution >= 4 is 17.7 Å². The molecule has 2 rings (SSSR count). The molecule has 0 saturated heterocycles. The summed E-state index contributed by atoms with van der Waals surface area (Å²) in [5, 5.41) is 3.83. The molecule has 1 amide bonds. The van der Waals surface area contributed by atoms with E-state index in [0.29, 0.717) is 11.3 Å². The van der Waals surface area contributed by atoms with E-state index >= 15 is 0 Å². The van der Waals surface area contributed by atoms with Gasteiger partial charge in [0.1, 0.15) is 0 Å². The van der Waals surface area contributed by atoms with Gasteiger partial charge in [0.05, 0.1) is 5.92 Å². The molecule has 0 spiro atoms. The van der Waals surface area contributed by atoms with E-state index < -0.39 is 0 Å². The van der Waals surface area contributed by atoms with Crippen molar-refractivity contribution in [3.8, 4) is 0 Å². The standard InChI is InChI=1S/C12H22N2OS/c1-16-11-7-3-6-10(11)14-12(15)8-4-2-5-9(8)13/h8-11H,2-7,13H2,1H3,(H,14,15). The first-order chi connectivity index (χ1) is 7.72.